The lowest BCUT2D eigenvalue weighted by Gasteiger charge is -2.13. The molecule has 5 rings (SSSR count). The van der Waals surface area contributed by atoms with Gasteiger partial charge in [0.05, 0.1) is 35.7 Å². The molecule has 0 saturated heterocycles. The van der Waals surface area contributed by atoms with E-state index >= 15 is 0 Å². The lowest BCUT2D eigenvalue weighted by Crippen LogP contribution is -2.17. The van der Waals surface area contributed by atoms with Crippen molar-refractivity contribution in [2.24, 2.45) is 0 Å². The monoisotopic (exact) mass is 479 g/mol. The normalized spacial score (nSPS) is 14.9. The van der Waals surface area contributed by atoms with Gasteiger partial charge in [-0.1, -0.05) is 30.3 Å². The third-order valence-electron chi connectivity index (χ3n) is 5.41. The highest BCUT2D eigenvalue weighted by Crippen LogP contribution is 2.36. The summed E-state index contributed by atoms with van der Waals surface area (Å²) >= 11 is 0. The molecule has 1 atom stereocenters. The highest BCUT2D eigenvalue weighted by molar-refractivity contribution is 5.96. The first-order chi connectivity index (χ1) is 16.8. The fraction of sp³-hybridized carbons (Fsp3) is 0.120. The summed E-state index contributed by atoms with van der Waals surface area (Å²) in [4.78, 5) is 33.3. The topological polar surface area (TPSA) is 94.3 Å². The number of ether oxygens (including phenoxy) is 1. The lowest BCUT2D eigenvalue weighted by molar-refractivity contribution is -0.137. The number of esters is 1. The first-order valence-electron chi connectivity index (χ1n) is 10.5. The number of cyclic esters (lactones) is 1. The molecule has 0 aliphatic carbocycles. The molecule has 0 fully saturated rings. The van der Waals surface area contributed by atoms with Gasteiger partial charge in [0.1, 0.15) is 11.8 Å². The summed E-state index contributed by atoms with van der Waals surface area (Å²) in [5, 5.41) is 2.61. The van der Waals surface area contributed by atoms with E-state index in [4.69, 9.17) is 9.15 Å². The van der Waals surface area contributed by atoms with E-state index in [2.05, 4.69) is 15.3 Å². The second kappa shape index (κ2) is 8.71. The van der Waals surface area contributed by atoms with Gasteiger partial charge in [-0.2, -0.15) is 13.2 Å². The van der Waals surface area contributed by atoms with E-state index in [-0.39, 0.29) is 35.0 Å². The molecular weight excluding hydrogens is 463 g/mol. The van der Waals surface area contributed by atoms with Crippen LogP contribution in [0.2, 0.25) is 0 Å². The number of halogens is 3. The van der Waals surface area contributed by atoms with Crippen LogP contribution < -0.4 is 5.32 Å². The number of furan rings is 1. The summed E-state index contributed by atoms with van der Waals surface area (Å²) < 4.78 is 50.3. The zero-order chi connectivity index (χ0) is 24.6. The minimum absolute atomic E-state index is 0.0646. The Morgan fingerprint density at radius 2 is 1.86 bits per heavy atom. The van der Waals surface area contributed by atoms with Gasteiger partial charge in [-0.25, -0.2) is 14.8 Å². The number of hydrogen-bond donors (Lipinski definition) is 1. The van der Waals surface area contributed by atoms with E-state index in [1.807, 2.05) is 0 Å². The molecule has 2 aromatic heterocycles. The maximum absolute atomic E-state index is 13.2. The summed E-state index contributed by atoms with van der Waals surface area (Å²) in [6, 6.07) is 14.7. The molecule has 0 bridgehead atoms. The molecule has 0 spiro atoms. The predicted molar refractivity (Wildman–Crippen MR) is 118 cm³/mol. The maximum atomic E-state index is 13.2. The van der Waals surface area contributed by atoms with E-state index in [1.54, 1.807) is 36.4 Å². The van der Waals surface area contributed by atoms with Crippen molar-refractivity contribution in [2.75, 3.05) is 5.32 Å². The Morgan fingerprint density at radius 1 is 1.03 bits per heavy atom. The molecule has 0 saturated carbocycles. The van der Waals surface area contributed by atoms with Crippen LogP contribution in [0.1, 0.15) is 34.0 Å². The van der Waals surface area contributed by atoms with Gasteiger partial charge in [-0.3, -0.25) is 4.79 Å². The average molecular weight is 479 g/mol. The number of rotatable bonds is 5. The van der Waals surface area contributed by atoms with Gasteiger partial charge in [0.15, 0.2) is 11.6 Å². The number of amides is 1. The zero-order valence-electron chi connectivity index (χ0n) is 17.9. The summed E-state index contributed by atoms with van der Waals surface area (Å²) in [7, 11) is 0. The Hall–Kier alpha value is -4.47. The average Bonchev–Trinajstić information content (AvgIpc) is 3.48. The van der Waals surface area contributed by atoms with Crippen molar-refractivity contribution in [3.05, 3.63) is 89.8 Å². The summed E-state index contributed by atoms with van der Waals surface area (Å²) in [6.45, 7) is 0. The van der Waals surface area contributed by atoms with Crippen molar-refractivity contribution in [1.82, 2.24) is 9.97 Å². The number of aromatic nitrogens is 2. The minimum atomic E-state index is -4.52. The Bertz CT molecular complexity index is 1420. The van der Waals surface area contributed by atoms with Crippen LogP contribution in [0.4, 0.5) is 19.0 Å². The molecule has 0 radical (unpaired) electrons. The Kier molecular flexibility index (Phi) is 5.56. The Balaban J connectivity index is 1.42. The van der Waals surface area contributed by atoms with E-state index in [1.165, 1.54) is 24.6 Å². The summed E-state index contributed by atoms with van der Waals surface area (Å²) in [5.41, 5.74) is 0.704. The smallest absolute Gasteiger partial charge is 0.416 e. The molecule has 3 heterocycles. The van der Waals surface area contributed by atoms with Crippen molar-refractivity contribution in [3.63, 3.8) is 0 Å². The van der Waals surface area contributed by atoms with E-state index < -0.39 is 29.7 Å². The molecular formula is C25H16F3N3O4. The van der Waals surface area contributed by atoms with Crippen molar-refractivity contribution in [3.8, 4) is 22.7 Å². The van der Waals surface area contributed by atoms with E-state index in [0.29, 0.717) is 11.1 Å². The van der Waals surface area contributed by atoms with Crippen molar-refractivity contribution in [1.29, 1.82) is 0 Å². The molecule has 1 aliphatic rings. The van der Waals surface area contributed by atoms with Crippen molar-refractivity contribution >= 4 is 17.7 Å². The quantitative estimate of drug-likeness (QED) is 0.371. The number of carbonyl (C=O) groups excluding carboxylic acids is 2. The van der Waals surface area contributed by atoms with Gasteiger partial charge < -0.3 is 14.5 Å². The van der Waals surface area contributed by atoms with Crippen molar-refractivity contribution in [2.45, 2.75) is 18.7 Å². The summed E-state index contributed by atoms with van der Waals surface area (Å²) in [6.07, 6.45) is -2.76. The third-order valence-corrected chi connectivity index (χ3v) is 5.41. The molecule has 1 amide bonds. The van der Waals surface area contributed by atoms with Gasteiger partial charge >= 0.3 is 12.1 Å². The molecule has 10 heteroatoms. The molecule has 1 N–H and O–H groups in total. The van der Waals surface area contributed by atoms with E-state index in [0.717, 1.165) is 12.1 Å². The van der Waals surface area contributed by atoms with Crippen LogP contribution in [-0.4, -0.2) is 21.8 Å². The zero-order valence-corrected chi connectivity index (χ0v) is 17.9. The van der Waals surface area contributed by atoms with Gasteiger partial charge in [-0.15, -0.1) is 0 Å². The second-order valence-electron chi connectivity index (χ2n) is 7.74. The predicted octanol–water partition coefficient (Wildman–Crippen LogP) is 5.66. The lowest BCUT2D eigenvalue weighted by atomic mass is 10.0. The SMILES string of the molecule is O=C(CC1OC(=O)c2ccccc21)Nc1cnc(-c2cccc(C(F)(F)F)c2)c(-c2ccco2)n1. The molecule has 35 heavy (non-hydrogen) atoms. The number of fused-ring (bicyclic) bond motifs is 1. The standard InChI is InChI=1S/C25H16F3N3O4/c26-25(27,28)15-6-3-5-14(11-15)22-23(18-9-4-10-34-18)31-20(13-29-22)30-21(32)12-19-16-7-1-2-8-17(16)24(33)35-19/h1-11,13,19H,12H2,(H,30,31,32). The van der Waals surface area contributed by atoms with Gasteiger partial charge in [0, 0.05) is 11.1 Å². The minimum Gasteiger partial charge on any atom is -0.463 e. The highest BCUT2D eigenvalue weighted by atomic mass is 19.4. The van der Waals surface area contributed by atoms with Crippen LogP contribution in [-0.2, 0) is 15.7 Å². The largest absolute Gasteiger partial charge is 0.463 e. The molecule has 1 aliphatic heterocycles. The number of nitrogens with zero attached hydrogens (tertiary/aromatic N) is 2. The number of benzene rings is 2. The van der Waals surface area contributed by atoms with Crippen LogP contribution in [0.15, 0.2) is 77.5 Å². The third kappa shape index (κ3) is 4.50. The first-order valence-corrected chi connectivity index (χ1v) is 10.5. The van der Waals surface area contributed by atoms with Crippen LogP contribution in [0.3, 0.4) is 0 Å². The molecule has 1 unspecified atom stereocenters. The highest BCUT2D eigenvalue weighted by Gasteiger charge is 2.33. The van der Waals surface area contributed by atoms with Crippen LogP contribution in [0, 0.1) is 0 Å². The first kappa shape index (κ1) is 22.3. The summed E-state index contributed by atoms with van der Waals surface area (Å²) in [5.74, 6) is -0.649. The number of hydrogen-bond acceptors (Lipinski definition) is 6. The van der Waals surface area contributed by atoms with Crippen LogP contribution >= 0.6 is 0 Å². The van der Waals surface area contributed by atoms with Crippen LogP contribution in [0.5, 0.6) is 0 Å². The van der Waals surface area contributed by atoms with E-state index in [9.17, 15) is 22.8 Å². The fourth-order valence-corrected chi connectivity index (χ4v) is 3.82. The molecule has 2 aromatic carbocycles. The molecule has 4 aromatic rings. The van der Waals surface area contributed by atoms with Gasteiger partial charge in [-0.05, 0) is 30.3 Å². The van der Waals surface area contributed by atoms with Gasteiger partial charge in [0.2, 0.25) is 5.91 Å². The number of carbonyl (C=O) groups is 2. The fourth-order valence-electron chi connectivity index (χ4n) is 3.82. The van der Waals surface area contributed by atoms with Gasteiger partial charge in [0.25, 0.3) is 0 Å². The number of nitrogens with one attached hydrogen (secondary N) is 1. The van der Waals surface area contributed by atoms with Crippen LogP contribution in [0.25, 0.3) is 22.7 Å². The number of anilines is 1. The molecule has 176 valence electrons. The molecule has 7 nitrogen and oxygen atoms in total. The van der Waals surface area contributed by atoms with Crippen molar-refractivity contribution < 1.29 is 31.9 Å². The maximum Gasteiger partial charge on any atom is 0.416 e. The Morgan fingerprint density at radius 3 is 2.63 bits per heavy atom. The number of alkyl halides is 3. The Labute approximate surface area is 196 Å². The second-order valence-corrected chi connectivity index (χ2v) is 7.74.